The van der Waals surface area contributed by atoms with Gasteiger partial charge in [-0.05, 0) is 31.0 Å². The quantitative estimate of drug-likeness (QED) is 0.758. The lowest BCUT2D eigenvalue weighted by molar-refractivity contribution is 0.101. The number of carbonyl (C=O) groups is 1. The number of methoxy groups -OCH3 is 2. The predicted octanol–water partition coefficient (Wildman–Crippen LogP) is 3.18. The van der Waals surface area contributed by atoms with E-state index in [1.807, 2.05) is 19.2 Å². The molecular formula is C17H18N4O3S. The maximum Gasteiger partial charge on any atom is 0.274 e. The number of aromatic nitrogens is 3. The SMILES string of the molecule is COc1ccc(OC)c2c1cc(C(=O)Nc1nnc(C3CC3)s1)n2C. The fourth-order valence-electron chi connectivity index (χ4n) is 2.91. The van der Waals surface area contributed by atoms with Crippen molar-refractivity contribution in [2.75, 3.05) is 19.5 Å². The molecule has 0 aliphatic heterocycles. The molecule has 1 fully saturated rings. The van der Waals surface area contributed by atoms with E-state index in [4.69, 9.17) is 9.47 Å². The molecule has 25 heavy (non-hydrogen) atoms. The number of carbonyl (C=O) groups excluding carboxylic acids is 1. The van der Waals surface area contributed by atoms with Crippen LogP contribution in [0.5, 0.6) is 11.5 Å². The van der Waals surface area contributed by atoms with Crippen LogP contribution >= 0.6 is 11.3 Å². The summed E-state index contributed by atoms with van der Waals surface area (Å²) in [6.45, 7) is 0. The minimum absolute atomic E-state index is 0.235. The van der Waals surface area contributed by atoms with Crippen LogP contribution in [0, 0.1) is 0 Å². The van der Waals surface area contributed by atoms with E-state index in [0.717, 1.165) is 28.8 Å². The third kappa shape index (κ3) is 2.72. The summed E-state index contributed by atoms with van der Waals surface area (Å²) >= 11 is 1.44. The van der Waals surface area contributed by atoms with Crippen LogP contribution < -0.4 is 14.8 Å². The first-order valence-electron chi connectivity index (χ1n) is 7.97. The van der Waals surface area contributed by atoms with Crippen molar-refractivity contribution in [2.45, 2.75) is 18.8 Å². The van der Waals surface area contributed by atoms with E-state index in [1.54, 1.807) is 24.9 Å². The minimum atomic E-state index is -0.235. The maximum absolute atomic E-state index is 12.7. The summed E-state index contributed by atoms with van der Waals surface area (Å²) in [6, 6.07) is 5.46. The van der Waals surface area contributed by atoms with Gasteiger partial charge in [-0.25, -0.2) is 0 Å². The second kappa shape index (κ2) is 6.03. The summed E-state index contributed by atoms with van der Waals surface area (Å²) < 4.78 is 12.6. The van der Waals surface area contributed by atoms with Crippen molar-refractivity contribution in [3.63, 3.8) is 0 Å². The highest BCUT2D eigenvalue weighted by Gasteiger charge is 2.28. The van der Waals surface area contributed by atoms with Gasteiger partial charge in [-0.3, -0.25) is 10.1 Å². The lowest BCUT2D eigenvalue weighted by atomic mass is 10.2. The highest BCUT2D eigenvalue weighted by molar-refractivity contribution is 7.15. The number of nitrogens with zero attached hydrogens (tertiary/aromatic N) is 3. The lowest BCUT2D eigenvalue weighted by Crippen LogP contribution is -2.15. The number of hydrogen-bond acceptors (Lipinski definition) is 6. The van der Waals surface area contributed by atoms with Gasteiger partial charge in [0.25, 0.3) is 5.91 Å². The van der Waals surface area contributed by atoms with Crippen LogP contribution in [-0.4, -0.2) is 34.9 Å². The molecule has 0 radical (unpaired) electrons. The van der Waals surface area contributed by atoms with Gasteiger partial charge in [-0.2, -0.15) is 0 Å². The number of benzene rings is 1. The Labute approximate surface area is 148 Å². The number of fused-ring (bicyclic) bond motifs is 1. The normalized spacial score (nSPS) is 13.9. The zero-order valence-corrected chi connectivity index (χ0v) is 15.0. The molecule has 0 atom stereocenters. The van der Waals surface area contributed by atoms with Crippen molar-refractivity contribution in [1.82, 2.24) is 14.8 Å². The van der Waals surface area contributed by atoms with Crippen molar-refractivity contribution in [2.24, 2.45) is 7.05 Å². The van der Waals surface area contributed by atoms with Gasteiger partial charge in [0.15, 0.2) is 0 Å². The van der Waals surface area contributed by atoms with Crippen LogP contribution in [0.25, 0.3) is 10.9 Å². The van der Waals surface area contributed by atoms with E-state index < -0.39 is 0 Å². The van der Waals surface area contributed by atoms with Crippen molar-refractivity contribution in [3.8, 4) is 11.5 Å². The molecule has 1 amide bonds. The van der Waals surface area contributed by atoms with Gasteiger partial charge in [0.2, 0.25) is 5.13 Å². The Morgan fingerprint density at radius 3 is 2.64 bits per heavy atom. The molecule has 1 aromatic carbocycles. The zero-order chi connectivity index (χ0) is 17.6. The summed E-state index contributed by atoms with van der Waals surface area (Å²) in [4.78, 5) is 12.7. The topological polar surface area (TPSA) is 78.3 Å². The Balaban J connectivity index is 1.69. The van der Waals surface area contributed by atoms with Crippen LogP contribution in [0.1, 0.15) is 34.3 Å². The van der Waals surface area contributed by atoms with Crippen molar-refractivity contribution in [1.29, 1.82) is 0 Å². The Bertz CT molecular complexity index is 958. The number of aryl methyl sites for hydroxylation is 1. The minimum Gasteiger partial charge on any atom is -0.496 e. The predicted molar refractivity (Wildman–Crippen MR) is 95.9 cm³/mol. The number of anilines is 1. The third-order valence-corrected chi connectivity index (χ3v) is 5.38. The number of amides is 1. The van der Waals surface area contributed by atoms with E-state index in [9.17, 15) is 4.79 Å². The molecule has 1 N–H and O–H groups in total. The molecule has 0 spiro atoms. The van der Waals surface area contributed by atoms with E-state index in [0.29, 0.717) is 28.2 Å². The molecule has 8 heteroatoms. The molecule has 2 aromatic heterocycles. The van der Waals surface area contributed by atoms with Gasteiger partial charge in [0.05, 0.1) is 19.7 Å². The molecule has 1 aliphatic rings. The summed E-state index contributed by atoms with van der Waals surface area (Å²) in [5, 5.41) is 13.4. The molecule has 1 aliphatic carbocycles. The smallest absolute Gasteiger partial charge is 0.274 e. The Morgan fingerprint density at radius 2 is 1.96 bits per heavy atom. The average molecular weight is 358 g/mol. The highest BCUT2D eigenvalue weighted by Crippen LogP contribution is 2.42. The Hall–Kier alpha value is -2.61. The molecule has 130 valence electrons. The Kier molecular flexibility index (Phi) is 3.84. The zero-order valence-electron chi connectivity index (χ0n) is 14.2. The average Bonchev–Trinajstić information content (AvgIpc) is 3.27. The maximum atomic E-state index is 12.7. The van der Waals surface area contributed by atoms with Gasteiger partial charge in [0, 0.05) is 18.4 Å². The summed E-state index contributed by atoms with van der Waals surface area (Å²) in [5.74, 6) is 1.66. The van der Waals surface area contributed by atoms with Gasteiger partial charge >= 0.3 is 0 Å². The van der Waals surface area contributed by atoms with Gasteiger partial charge in [-0.1, -0.05) is 11.3 Å². The molecular weight excluding hydrogens is 340 g/mol. The molecule has 0 unspecified atom stereocenters. The molecule has 2 heterocycles. The van der Waals surface area contributed by atoms with Crippen molar-refractivity contribution >= 4 is 33.3 Å². The number of rotatable bonds is 5. The van der Waals surface area contributed by atoms with Crippen LogP contribution in [0.4, 0.5) is 5.13 Å². The first kappa shape index (κ1) is 15.9. The van der Waals surface area contributed by atoms with E-state index >= 15 is 0 Å². The summed E-state index contributed by atoms with van der Waals surface area (Å²) in [7, 11) is 5.04. The van der Waals surface area contributed by atoms with Gasteiger partial charge in [0.1, 0.15) is 22.2 Å². The molecule has 0 saturated heterocycles. The highest BCUT2D eigenvalue weighted by atomic mass is 32.1. The second-order valence-corrected chi connectivity index (χ2v) is 7.00. The van der Waals surface area contributed by atoms with Gasteiger partial charge < -0.3 is 14.0 Å². The second-order valence-electron chi connectivity index (χ2n) is 5.99. The molecule has 0 bridgehead atoms. The summed E-state index contributed by atoms with van der Waals surface area (Å²) in [5.41, 5.74) is 1.31. The first-order valence-corrected chi connectivity index (χ1v) is 8.79. The van der Waals surface area contributed by atoms with Crippen molar-refractivity contribution < 1.29 is 14.3 Å². The fourth-order valence-corrected chi connectivity index (χ4v) is 3.82. The third-order valence-electron chi connectivity index (χ3n) is 4.38. The first-order chi connectivity index (χ1) is 12.1. The van der Waals surface area contributed by atoms with Crippen LogP contribution in [-0.2, 0) is 7.05 Å². The largest absolute Gasteiger partial charge is 0.496 e. The van der Waals surface area contributed by atoms with E-state index in [-0.39, 0.29) is 5.91 Å². The molecule has 1 saturated carbocycles. The number of hydrogen-bond donors (Lipinski definition) is 1. The number of nitrogens with one attached hydrogen (secondary N) is 1. The van der Waals surface area contributed by atoms with Crippen LogP contribution in [0.2, 0.25) is 0 Å². The van der Waals surface area contributed by atoms with Gasteiger partial charge in [-0.15, -0.1) is 10.2 Å². The van der Waals surface area contributed by atoms with Crippen LogP contribution in [0.3, 0.4) is 0 Å². The van der Waals surface area contributed by atoms with Crippen molar-refractivity contribution in [3.05, 3.63) is 28.9 Å². The van der Waals surface area contributed by atoms with Crippen LogP contribution in [0.15, 0.2) is 18.2 Å². The molecule has 3 aromatic rings. The van der Waals surface area contributed by atoms with E-state index in [1.165, 1.54) is 11.3 Å². The lowest BCUT2D eigenvalue weighted by Gasteiger charge is -2.08. The number of ether oxygens (including phenoxy) is 2. The summed E-state index contributed by atoms with van der Waals surface area (Å²) in [6.07, 6.45) is 2.32. The Morgan fingerprint density at radius 1 is 1.24 bits per heavy atom. The standard InChI is InChI=1S/C17H18N4O3S/c1-21-11(8-10-12(23-2)6-7-13(24-3)14(10)21)15(22)18-17-20-19-16(25-17)9-4-5-9/h6-9H,4-5H2,1-3H3,(H,18,20,22). The fraction of sp³-hybridized carbons (Fsp3) is 0.353. The molecule has 4 rings (SSSR count). The monoisotopic (exact) mass is 358 g/mol. The van der Waals surface area contributed by atoms with E-state index in [2.05, 4.69) is 15.5 Å². The molecule has 7 nitrogen and oxygen atoms in total.